The smallest absolute Gasteiger partial charge is 0.259 e. The van der Waals surface area contributed by atoms with E-state index in [4.69, 9.17) is 4.42 Å². The molecule has 0 fully saturated rings. The molecule has 1 unspecified atom stereocenters. The third-order valence-electron chi connectivity index (χ3n) is 4.47. The van der Waals surface area contributed by atoms with E-state index in [9.17, 15) is 9.59 Å². The van der Waals surface area contributed by atoms with E-state index < -0.39 is 0 Å². The summed E-state index contributed by atoms with van der Waals surface area (Å²) in [5, 5.41) is 0.419. The molecule has 3 aromatic heterocycles. The first-order chi connectivity index (χ1) is 12.8. The van der Waals surface area contributed by atoms with Gasteiger partial charge in [0.25, 0.3) is 5.56 Å². The van der Waals surface area contributed by atoms with Gasteiger partial charge in [-0.3, -0.25) is 9.59 Å². The highest BCUT2D eigenvalue weighted by Gasteiger charge is 2.20. The van der Waals surface area contributed by atoms with Crippen LogP contribution in [0.3, 0.4) is 0 Å². The van der Waals surface area contributed by atoms with Crippen molar-refractivity contribution in [1.29, 1.82) is 0 Å². The fourth-order valence-corrected chi connectivity index (χ4v) is 4.75. The predicted molar refractivity (Wildman–Crippen MR) is 110 cm³/mol. The fraction of sp³-hybridized carbons (Fsp3) is 0.421. The largest absolute Gasteiger partial charge is 0.464 e. The summed E-state index contributed by atoms with van der Waals surface area (Å²) in [7, 11) is 1.76. The zero-order valence-corrected chi connectivity index (χ0v) is 17.7. The molecule has 1 amide bonds. The van der Waals surface area contributed by atoms with Gasteiger partial charge in [-0.15, -0.1) is 23.1 Å². The molecule has 3 heterocycles. The minimum Gasteiger partial charge on any atom is -0.464 e. The maximum absolute atomic E-state index is 12.6. The Kier molecular flexibility index (Phi) is 5.76. The molecule has 1 N–H and O–H groups in total. The number of amides is 1. The van der Waals surface area contributed by atoms with E-state index in [1.54, 1.807) is 11.9 Å². The molecule has 3 rings (SSSR count). The summed E-state index contributed by atoms with van der Waals surface area (Å²) in [5.41, 5.74) is 0.878. The maximum Gasteiger partial charge on any atom is 0.259 e. The Labute approximate surface area is 166 Å². The normalized spacial score (nSPS) is 12.5. The first-order valence-electron chi connectivity index (χ1n) is 8.67. The van der Waals surface area contributed by atoms with E-state index in [2.05, 4.69) is 9.97 Å². The van der Waals surface area contributed by atoms with Gasteiger partial charge >= 0.3 is 0 Å². The quantitative estimate of drug-likeness (QED) is 0.675. The van der Waals surface area contributed by atoms with Crippen molar-refractivity contribution in [3.63, 3.8) is 0 Å². The minimum absolute atomic E-state index is 0.0142. The molecule has 0 aromatic carbocycles. The average molecular weight is 406 g/mol. The van der Waals surface area contributed by atoms with Gasteiger partial charge in [0, 0.05) is 11.9 Å². The van der Waals surface area contributed by atoms with Gasteiger partial charge in [-0.2, -0.15) is 0 Å². The topological polar surface area (TPSA) is 79.2 Å². The SMILES string of the molecule is Cc1ccc(CN(C)C(=O)C(C)SCc2nc3sc(C)c(C)c3c(=O)[nH]2)o1. The van der Waals surface area contributed by atoms with Crippen molar-refractivity contribution < 1.29 is 9.21 Å². The second-order valence-corrected chi connectivity index (χ2v) is 9.17. The van der Waals surface area contributed by atoms with Gasteiger partial charge in [-0.1, -0.05) is 0 Å². The molecule has 0 radical (unpaired) electrons. The van der Waals surface area contributed by atoms with E-state index in [0.29, 0.717) is 23.5 Å². The van der Waals surface area contributed by atoms with Gasteiger partial charge in [0.1, 0.15) is 22.2 Å². The number of thioether (sulfide) groups is 1. The number of aromatic nitrogens is 2. The third kappa shape index (κ3) is 4.27. The van der Waals surface area contributed by atoms with Gasteiger partial charge in [-0.25, -0.2) is 4.98 Å². The van der Waals surface area contributed by atoms with Crippen LogP contribution in [-0.2, 0) is 17.1 Å². The van der Waals surface area contributed by atoms with E-state index in [1.165, 1.54) is 23.1 Å². The predicted octanol–water partition coefficient (Wildman–Crippen LogP) is 3.78. The number of aryl methyl sites for hydroxylation is 3. The van der Waals surface area contributed by atoms with Crippen molar-refractivity contribution in [2.75, 3.05) is 7.05 Å². The number of fused-ring (bicyclic) bond motifs is 1. The molecule has 144 valence electrons. The molecular formula is C19H23N3O3S2. The highest BCUT2D eigenvalue weighted by Crippen LogP contribution is 2.26. The van der Waals surface area contributed by atoms with E-state index >= 15 is 0 Å². The number of nitrogens with zero attached hydrogens (tertiary/aromatic N) is 2. The molecule has 3 aromatic rings. The van der Waals surface area contributed by atoms with Gasteiger partial charge in [-0.05, 0) is 45.4 Å². The summed E-state index contributed by atoms with van der Waals surface area (Å²) in [6.45, 7) is 8.12. The number of rotatable bonds is 6. The number of furan rings is 1. The zero-order valence-electron chi connectivity index (χ0n) is 16.1. The lowest BCUT2D eigenvalue weighted by molar-refractivity contribution is -0.129. The number of H-pyrrole nitrogens is 1. The van der Waals surface area contributed by atoms with Crippen molar-refractivity contribution in [2.24, 2.45) is 0 Å². The molecule has 1 atom stereocenters. The van der Waals surface area contributed by atoms with Crippen LogP contribution in [0.1, 0.15) is 34.7 Å². The molecule has 0 aliphatic heterocycles. The summed E-state index contributed by atoms with van der Waals surface area (Å²) in [6, 6.07) is 3.77. The van der Waals surface area contributed by atoms with E-state index in [-0.39, 0.29) is 16.7 Å². The zero-order chi connectivity index (χ0) is 19.7. The number of carbonyl (C=O) groups is 1. The molecule has 8 heteroatoms. The van der Waals surface area contributed by atoms with Crippen LogP contribution in [0.15, 0.2) is 21.3 Å². The van der Waals surface area contributed by atoms with Crippen molar-refractivity contribution in [2.45, 2.75) is 45.2 Å². The lowest BCUT2D eigenvalue weighted by Gasteiger charge is -2.20. The molecule has 0 aliphatic carbocycles. The van der Waals surface area contributed by atoms with Crippen LogP contribution in [-0.4, -0.2) is 33.1 Å². The van der Waals surface area contributed by atoms with Crippen LogP contribution in [0, 0.1) is 20.8 Å². The third-order valence-corrected chi connectivity index (χ3v) is 6.71. The Morgan fingerprint density at radius 1 is 1.37 bits per heavy atom. The Bertz CT molecular complexity index is 1030. The second-order valence-electron chi connectivity index (χ2n) is 6.64. The standard InChI is InChI=1S/C19H23N3O3S2/c1-10-6-7-14(25-10)8-22(5)19(24)13(4)26-9-15-20-17(23)16-11(2)12(3)27-18(16)21-15/h6-7,13H,8-9H2,1-5H3,(H,20,21,23). The van der Waals surface area contributed by atoms with Crippen molar-refractivity contribution in [3.05, 3.63) is 50.3 Å². The molecule has 0 aliphatic rings. The molecule has 0 bridgehead atoms. The van der Waals surface area contributed by atoms with Gasteiger partial charge in [0.2, 0.25) is 5.91 Å². The van der Waals surface area contributed by atoms with Gasteiger partial charge < -0.3 is 14.3 Å². The molecule has 27 heavy (non-hydrogen) atoms. The summed E-state index contributed by atoms with van der Waals surface area (Å²) in [4.78, 5) is 35.8. The molecule has 0 saturated heterocycles. The fourth-order valence-electron chi connectivity index (χ4n) is 2.83. The Balaban J connectivity index is 1.64. The van der Waals surface area contributed by atoms with Crippen LogP contribution >= 0.6 is 23.1 Å². The van der Waals surface area contributed by atoms with E-state index in [0.717, 1.165) is 26.8 Å². The summed E-state index contributed by atoms with van der Waals surface area (Å²) in [5.74, 6) is 2.68. The Morgan fingerprint density at radius 3 is 2.78 bits per heavy atom. The maximum atomic E-state index is 12.6. The monoisotopic (exact) mass is 405 g/mol. The molecule has 6 nitrogen and oxygen atoms in total. The summed E-state index contributed by atoms with van der Waals surface area (Å²) < 4.78 is 5.53. The van der Waals surface area contributed by atoms with Gasteiger partial charge in [0.05, 0.1) is 22.9 Å². The van der Waals surface area contributed by atoms with Crippen LogP contribution in [0.5, 0.6) is 0 Å². The molecular weight excluding hydrogens is 382 g/mol. The van der Waals surface area contributed by atoms with Gasteiger partial charge in [0.15, 0.2) is 0 Å². The number of thiophene rings is 1. The number of nitrogens with one attached hydrogen (secondary N) is 1. The number of aromatic amines is 1. The van der Waals surface area contributed by atoms with Crippen molar-refractivity contribution >= 4 is 39.2 Å². The van der Waals surface area contributed by atoms with E-state index in [1.807, 2.05) is 39.8 Å². The number of hydrogen-bond donors (Lipinski definition) is 1. The summed E-state index contributed by atoms with van der Waals surface area (Å²) >= 11 is 2.99. The Morgan fingerprint density at radius 2 is 2.11 bits per heavy atom. The minimum atomic E-state index is -0.251. The second kappa shape index (κ2) is 7.90. The molecule has 0 saturated carbocycles. The average Bonchev–Trinajstić information content (AvgIpc) is 3.15. The van der Waals surface area contributed by atoms with Crippen LogP contribution < -0.4 is 5.56 Å². The van der Waals surface area contributed by atoms with Crippen LogP contribution in [0.4, 0.5) is 0 Å². The lowest BCUT2D eigenvalue weighted by atomic mass is 10.2. The number of carbonyl (C=O) groups excluding carboxylic acids is 1. The van der Waals surface area contributed by atoms with Crippen LogP contribution in [0.25, 0.3) is 10.2 Å². The first-order valence-corrected chi connectivity index (χ1v) is 10.5. The molecule has 0 spiro atoms. The highest BCUT2D eigenvalue weighted by molar-refractivity contribution is 7.99. The first kappa shape index (κ1) is 19.7. The lowest BCUT2D eigenvalue weighted by Crippen LogP contribution is -2.32. The highest BCUT2D eigenvalue weighted by atomic mass is 32.2. The summed E-state index contributed by atoms with van der Waals surface area (Å²) in [6.07, 6.45) is 0. The van der Waals surface area contributed by atoms with Crippen molar-refractivity contribution in [1.82, 2.24) is 14.9 Å². The number of hydrogen-bond acceptors (Lipinski definition) is 6. The Hall–Kier alpha value is -2.06. The van der Waals surface area contributed by atoms with Crippen molar-refractivity contribution in [3.8, 4) is 0 Å². The van der Waals surface area contributed by atoms with Crippen LogP contribution in [0.2, 0.25) is 0 Å².